The molecule has 37 heavy (non-hydrogen) atoms. The Morgan fingerprint density at radius 2 is 1.59 bits per heavy atom. The molecule has 0 unspecified atom stereocenters. The predicted molar refractivity (Wildman–Crippen MR) is 145 cm³/mol. The van der Waals surface area contributed by atoms with E-state index in [0.29, 0.717) is 18.5 Å². The predicted octanol–water partition coefficient (Wildman–Crippen LogP) is 5.04. The molecule has 8 nitrogen and oxygen atoms in total. The Hall–Kier alpha value is -3.88. The minimum atomic E-state index is -4.47. The summed E-state index contributed by atoms with van der Waals surface area (Å²) in [7, 11) is 1.54. The number of carbonyl (C=O) groups is 2. The molecule has 0 atom stereocenters. The van der Waals surface area contributed by atoms with E-state index in [-0.39, 0.29) is 18.8 Å². The van der Waals surface area contributed by atoms with Crippen molar-refractivity contribution in [3.05, 3.63) is 65.9 Å². The van der Waals surface area contributed by atoms with Gasteiger partial charge in [-0.2, -0.15) is 18.3 Å². The van der Waals surface area contributed by atoms with Gasteiger partial charge in [0.2, 0.25) is 0 Å². The van der Waals surface area contributed by atoms with Crippen LogP contribution in [0.2, 0.25) is 0 Å². The number of hydrogen-bond acceptors (Lipinski definition) is 6. The van der Waals surface area contributed by atoms with E-state index in [1.54, 1.807) is 31.3 Å². The van der Waals surface area contributed by atoms with Crippen molar-refractivity contribution >= 4 is 18.6 Å². The van der Waals surface area contributed by atoms with E-state index in [9.17, 15) is 13.2 Å². The maximum atomic E-state index is 12.7. The Kier molecular flexibility index (Phi) is 30.9. The summed E-state index contributed by atoms with van der Waals surface area (Å²) in [6.07, 6.45) is 13.5. The number of aromatic nitrogens is 2. The summed E-state index contributed by atoms with van der Waals surface area (Å²) in [5.41, 5.74) is 10.6. The van der Waals surface area contributed by atoms with E-state index < -0.39 is 11.9 Å². The molecule has 0 saturated carbocycles. The number of benzene rings is 1. The molecular weight excluding hydrogens is 487 g/mol. The number of halogens is 3. The second-order valence-corrected chi connectivity index (χ2v) is 6.10. The number of carbonyl (C=O) groups excluding carboxylic acids is 1. The normalized spacial score (nSPS) is 9.41. The maximum absolute atomic E-state index is 12.7. The lowest BCUT2D eigenvalue weighted by atomic mass is 10.2. The number of anilines is 1. The summed E-state index contributed by atoms with van der Waals surface area (Å²) in [6, 6.07) is 7.87. The minimum absolute atomic E-state index is 0.139. The molecule has 0 aliphatic heterocycles. The molecule has 0 fully saturated rings. The molecule has 0 aliphatic carbocycles. The SMILES string of the molecule is C#C.C/C=C/CC.C/C=C\C.CNc1cc(C(F)(F)F)nn1-c1cccc(CN)c1.NCC=O.O=CO. The van der Waals surface area contributed by atoms with Crippen molar-refractivity contribution in [2.24, 2.45) is 11.5 Å². The van der Waals surface area contributed by atoms with Gasteiger partial charge in [-0.1, -0.05) is 43.4 Å². The summed E-state index contributed by atoms with van der Waals surface area (Å²) >= 11 is 0. The third-order valence-corrected chi connectivity index (χ3v) is 3.55. The highest BCUT2D eigenvalue weighted by Crippen LogP contribution is 2.31. The standard InChI is InChI=1S/C12H13F3N4.C5H10.C4H8.C2H5NO.C2H2.CH2O2/c1-17-11-6-10(12(13,14)15)18-19(11)9-4-2-3-8(5-9)7-16;1-3-5-4-2;1-3-4-2;3-1-2-4;1-2;2-1-3/h2-6,17H,7,16H2,1H3;3,5H,4H2,1-2H3;3-4H,1-2H3;2H,1,3H2;1-2H;1H,(H,2,3)/b;5-3+;4-3-;;;. The molecule has 1 heterocycles. The number of aldehydes is 1. The van der Waals surface area contributed by atoms with Crippen LogP contribution in [0.25, 0.3) is 5.69 Å². The summed E-state index contributed by atoms with van der Waals surface area (Å²) < 4.78 is 39.2. The zero-order chi connectivity index (χ0) is 29.7. The Balaban J connectivity index is -0.000000248. The number of terminal acetylenes is 1. The largest absolute Gasteiger partial charge is 0.483 e. The minimum Gasteiger partial charge on any atom is -0.483 e. The van der Waals surface area contributed by atoms with Crippen LogP contribution < -0.4 is 16.8 Å². The molecule has 6 N–H and O–H groups in total. The first kappa shape index (κ1) is 40.3. The molecule has 0 spiro atoms. The van der Waals surface area contributed by atoms with Crippen molar-refractivity contribution in [2.45, 2.75) is 46.8 Å². The van der Waals surface area contributed by atoms with Crippen molar-refractivity contribution < 1.29 is 27.9 Å². The van der Waals surface area contributed by atoms with Gasteiger partial charge in [-0.25, -0.2) is 4.68 Å². The van der Waals surface area contributed by atoms with Crippen LogP contribution in [0.1, 0.15) is 45.4 Å². The zero-order valence-corrected chi connectivity index (χ0v) is 22.1. The number of nitrogens with two attached hydrogens (primary N) is 2. The highest BCUT2D eigenvalue weighted by atomic mass is 19.4. The van der Waals surface area contributed by atoms with Gasteiger partial charge in [-0.3, -0.25) is 4.79 Å². The fourth-order valence-electron chi connectivity index (χ4n) is 1.95. The van der Waals surface area contributed by atoms with Crippen molar-refractivity contribution in [1.29, 1.82) is 0 Å². The lowest BCUT2D eigenvalue weighted by Crippen LogP contribution is -2.08. The molecule has 1 aromatic carbocycles. The van der Waals surface area contributed by atoms with Gasteiger partial charge in [0.15, 0.2) is 5.69 Å². The number of rotatable bonds is 5. The van der Waals surface area contributed by atoms with E-state index in [4.69, 9.17) is 20.4 Å². The molecule has 0 saturated heterocycles. The third-order valence-electron chi connectivity index (χ3n) is 3.55. The molecule has 0 aliphatic rings. The van der Waals surface area contributed by atoms with Crippen LogP contribution >= 0.6 is 0 Å². The molecule has 2 rings (SSSR count). The van der Waals surface area contributed by atoms with Crippen LogP contribution in [0.3, 0.4) is 0 Å². The molecule has 2 aromatic rings. The molecule has 1 aromatic heterocycles. The summed E-state index contributed by atoms with van der Waals surface area (Å²) in [5, 5.41) is 13.2. The first-order chi connectivity index (χ1) is 17.6. The summed E-state index contributed by atoms with van der Waals surface area (Å²) in [5.74, 6) is 0.265. The molecule has 0 radical (unpaired) electrons. The van der Waals surface area contributed by atoms with Crippen LogP contribution in [0, 0.1) is 12.8 Å². The monoisotopic (exact) mass is 527 g/mol. The van der Waals surface area contributed by atoms with E-state index in [1.807, 2.05) is 32.9 Å². The number of nitrogens with zero attached hydrogens (tertiary/aromatic N) is 2. The van der Waals surface area contributed by atoms with E-state index >= 15 is 0 Å². The van der Waals surface area contributed by atoms with E-state index in [0.717, 1.165) is 18.1 Å². The lowest BCUT2D eigenvalue weighted by Gasteiger charge is -2.08. The smallest absolute Gasteiger partial charge is 0.435 e. The summed E-state index contributed by atoms with van der Waals surface area (Å²) in [4.78, 5) is 17.4. The topological polar surface area (TPSA) is 136 Å². The first-order valence-corrected chi connectivity index (χ1v) is 11.0. The molecule has 208 valence electrons. The van der Waals surface area contributed by atoms with Gasteiger partial charge in [-0.15, -0.1) is 12.8 Å². The van der Waals surface area contributed by atoms with Gasteiger partial charge in [-0.05, 0) is 44.9 Å². The third kappa shape index (κ3) is 22.3. The lowest BCUT2D eigenvalue weighted by molar-refractivity contribution is -0.141. The van der Waals surface area contributed by atoms with Crippen LogP contribution in [0.4, 0.5) is 19.0 Å². The van der Waals surface area contributed by atoms with Crippen LogP contribution in [0.5, 0.6) is 0 Å². The van der Waals surface area contributed by atoms with E-state index in [2.05, 4.69) is 48.1 Å². The Labute approximate surface area is 218 Å². The fraction of sp³-hybridized carbons (Fsp3) is 0.346. The second-order valence-electron chi connectivity index (χ2n) is 6.10. The Bertz CT molecular complexity index is 889. The Morgan fingerprint density at radius 1 is 1.08 bits per heavy atom. The second kappa shape index (κ2) is 28.4. The highest BCUT2D eigenvalue weighted by Gasteiger charge is 2.35. The van der Waals surface area contributed by atoms with Crippen molar-refractivity contribution in [2.75, 3.05) is 18.9 Å². The maximum Gasteiger partial charge on any atom is 0.435 e. The van der Waals surface area contributed by atoms with Gasteiger partial charge in [0.05, 0.1) is 5.69 Å². The molecular formula is C26H40F3N5O3. The van der Waals surface area contributed by atoms with Crippen molar-refractivity contribution in [1.82, 2.24) is 9.78 Å². The average Bonchev–Trinajstić information content (AvgIpc) is 3.37. The van der Waals surface area contributed by atoms with Crippen LogP contribution in [0.15, 0.2) is 54.6 Å². The van der Waals surface area contributed by atoms with Crippen LogP contribution in [-0.2, 0) is 22.3 Å². The van der Waals surface area contributed by atoms with Gasteiger partial charge in [0.25, 0.3) is 6.47 Å². The fourth-order valence-corrected chi connectivity index (χ4v) is 1.95. The average molecular weight is 528 g/mol. The van der Waals surface area contributed by atoms with Gasteiger partial charge in [0.1, 0.15) is 12.1 Å². The number of nitrogens with one attached hydrogen (secondary N) is 1. The number of allylic oxidation sites excluding steroid dienone is 4. The van der Waals surface area contributed by atoms with Gasteiger partial charge in [0, 0.05) is 26.2 Å². The first-order valence-electron chi connectivity index (χ1n) is 11.0. The van der Waals surface area contributed by atoms with Crippen LogP contribution in [-0.4, -0.2) is 41.2 Å². The highest BCUT2D eigenvalue weighted by molar-refractivity contribution is 5.51. The Morgan fingerprint density at radius 3 is 1.89 bits per heavy atom. The number of hydrogen-bond donors (Lipinski definition) is 4. The zero-order valence-electron chi connectivity index (χ0n) is 22.1. The van der Waals surface area contributed by atoms with Crippen molar-refractivity contribution in [3.8, 4) is 18.5 Å². The molecule has 0 amide bonds. The van der Waals surface area contributed by atoms with E-state index in [1.165, 1.54) is 4.68 Å². The van der Waals surface area contributed by atoms with Gasteiger partial charge < -0.3 is 26.7 Å². The van der Waals surface area contributed by atoms with Gasteiger partial charge >= 0.3 is 6.18 Å². The molecule has 11 heteroatoms. The van der Waals surface area contributed by atoms with Crippen molar-refractivity contribution in [3.63, 3.8) is 0 Å². The number of carboxylic acid groups (broad SMARTS) is 1. The molecule has 0 bridgehead atoms. The number of alkyl halides is 3. The summed E-state index contributed by atoms with van der Waals surface area (Å²) in [6.45, 7) is 8.36. The quantitative estimate of drug-likeness (QED) is 0.243.